The molecule has 104 valence electrons. The summed E-state index contributed by atoms with van der Waals surface area (Å²) in [6.07, 6.45) is 0. The van der Waals surface area contributed by atoms with E-state index in [1.165, 1.54) is 30.3 Å². The smallest absolute Gasteiger partial charge is 0.251 e. The molecule has 0 saturated carbocycles. The van der Waals surface area contributed by atoms with Crippen LogP contribution in [0.2, 0.25) is 5.02 Å². The first-order chi connectivity index (χ1) is 9.45. The lowest BCUT2D eigenvalue weighted by atomic mass is 10.1. The number of phenols is 2. The van der Waals surface area contributed by atoms with Gasteiger partial charge in [-0.25, -0.2) is 4.39 Å². The Labute approximate surface area is 119 Å². The van der Waals surface area contributed by atoms with Gasteiger partial charge in [-0.2, -0.15) is 0 Å². The summed E-state index contributed by atoms with van der Waals surface area (Å²) in [7, 11) is 0. The molecule has 20 heavy (non-hydrogen) atoms. The number of carbonyl (C=O) groups excluding carboxylic acids is 1. The summed E-state index contributed by atoms with van der Waals surface area (Å²) in [5.41, 5.74) is 0.754. The van der Waals surface area contributed by atoms with E-state index in [4.69, 9.17) is 11.6 Å². The number of rotatable bonds is 3. The van der Waals surface area contributed by atoms with Crippen LogP contribution in [0.5, 0.6) is 11.5 Å². The predicted molar refractivity (Wildman–Crippen MR) is 72.4 cm³/mol. The number of nitrogens with one attached hydrogen (secondary N) is 1. The maximum atomic E-state index is 13.0. The Kier molecular flexibility index (Phi) is 4.10. The van der Waals surface area contributed by atoms with Gasteiger partial charge >= 0.3 is 0 Å². The molecule has 0 fully saturated rings. The first-order valence-corrected chi connectivity index (χ1v) is 6.08. The highest BCUT2D eigenvalue weighted by Gasteiger charge is 2.09. The topological polar surface area (TPSA) is 69.6 Å². The van der Waals surface area contributed by atoms with Crippen molar-refractivity contribution in [1.29, 1.82) is 0 Å². The van der Waals surface area contributed by atoms with Gasteiger partial charge in [0.05, 0.1) is 5.02 Å². The molecule has 0 aromatic heterocycles. The average Bonchev–Trinajstić information content (AvgIpc) is 2.38. The maximum absolute atomic E-state index is 13.0. The molecule has 4 nitrogen and oxygen atoms in total. The summed E-state index contributed by atoms with van der Waals surface area (Å²) in [5, 5.41) is 21.1. The number of carbonyl (C=O) groups is 1. The summed E-state index contributed by atoms with van der Waals surface area (Å²) in [6.45, 7) is 0.148. The van der Waals surface area contributed by atoms with E-state index in [1.54, 1.807) is 0 Å². The van der Waals surface area contributed by atoms with Gasteiger partial charge in [0, 0.05) is 18.2 Å². The normalized spacial score (nSPS) is 10.3. The molecule has 1 amide bonds. The van der Waals surface area contributed by atoms with E-state index in [0.29, 0.717) is 5.56 Å². The van der Waals surface area contributed by atoms with Crippen molar-refractivity contribution < 1.29 is 19.4 Å². The lowest BCUT2D eigenvalue weighted by Crippen LogP contribution is -2.22. The highest BCUT2D eigenvalue weighted by atomic mass is 35.5. The molecule has 2 aromatic carbocycles. The maximum Gasteiger partial charge on any atom is 0.251 e. The van der Waals surface area contributed by atoms with Crippen LogP contribution < -0.4 is 5.32 Å². The second kappa shape index (κ2) is 5.79. The largest absolute Gasteiger partial charge is 0.508 e. The van der Waals surface area contributed by atoms with Gasteiger partial charge in [0.1, 0.15) is 17.3 Å². The van der Waals surface area contributed by atoms with Gasteiger partial charge in [-0.05, 0) is 29.8 Å². The van der Waals surface area contributed by atoms with Crippen LogP contribution in [0.4, 0.5) is 4.39 Å². The average molecular weight is 296 g/mol. The Hall–Kier alpha value is -2.27. The quantitative estimate of drug-likeness (QED) is 0.815. The summed E-state index contributed by atoms with van der Waals surface area (Å²) < 4.78 is 13.0. The van der Waals surface area contributed by atoms with E-state index in [2.05, 4.69) is 5.32 Å². The van der Waals surface area contributed by atoms with Gasteiger partial charge in [-0.15, -0.1) is 0 Å². The SMILES string of the molecule is O=C(NCc1ccc(F)c(Cl)c1)c1cc(O)cc(O)c1. The van der Waals surface area contributed by atoms with Crippen LogP contribution in [0, 0.1) is 5.82 Å². The molecule has 0 aliphatic heterocycles. The molecule has 6 heteroatoms. The first kappa shape index (κ1) is 14.1. The summed E-state index contributed by atoms with van der Waals surface area (Å²) in [6, 6.07) is 7.71. The van der Waals surface area contributed by atoms with E-state index in [1.807, 2.05) is 0 Å². The highest BCUT2D eigenvalue weighted by molar-refractivity contribution is 6.30. The molecule has 0 heterocycles. The van der Waals surface area contributed by atoms with Gasteiger partial charge in [-0.3, -0.25) is 4.79 Å². The van der Waals surface area contributed by atoms with Crippen molar-refractivity contribution in [2.24, 2.45) is 0 Å². The zero-order valence-electron chi connectivity index (χ0n) is 10.2. The van der Waals surface area contributed by atoms with E-state index < -0.39 is 11.7 Å². The zero-order valence-corrected chi connectivity index (χ0v) is 11.0. The number of amides is 1. The van der Waals surface area contributed by atoms with Crippen molar-refractivity contribution in [2.75, 3.05) is 0 Å². The summed E-state index contributed by atoms with van der Waals surface area (Å²) in [5.74, 6) is -1.42. The van der Waals surface area contributed by atoms with Crippen molar-refractivity contribution in [3.05, 3.63) is 58.4 Å². The molecule has 2 aromatic rings. The molecular formula is C14H11ClFNO3. The molecule has 0 aliphatic rings. The molecule has 0 atom stereocenters. The zero-order chi connectivity index (χ0) is 14.7. The highest BCUT2D eigenvalue weighted by Crippen LogP contribution is 2.20. The molecule has 3 N–H and O–H groups in total. The number of hydrogen-bond donors (Lipinski definition) is 3. The lowest BCUT2D eigenvalue weighted by Gasteiger charge is -2.07. The second-order valence-corrected chi connectivity index (χ2v) is 4.58. The Morgan fingerprint density at radius 2 is 1.80 bits per heavy atom. The number of hydrogen-bond acceptors (Lipinski definition) is 3. The number of aromatic hydroxyl groups is 2. The van der Waals surface area contributed by atoms with Crippen molar-refractivity contribution in [2.45, 2.75) is 6.54 Å². The monoisotopic (exact) mass is 295 g/mol. The van der Waals surface area contributed by atoms with Gasteiger partial charge in [0.15, 0.2) is 0 Å². The van der Waals surface area contributed by atoms with E-state index in [0.717, 1.165) is 6.07 Å². The fourth-order valence-electron chi connectivity index (χ4n) is 1.66. The second-order valence-electron chi connectivity index (χ2n) is 4.17. The number of phenolic OH excluding ortho intramolecular Hbond substituents is 2. The van der Waals surface area contributed by atoms with Crippen LogP contribution in [0.25, 0.3) is 0 Å². The van der Waals surface area contributed by atoms with Gasteiger partial charge in [0.2, 0.25) is 0 Å². The van der Waals surface area contributed by atoms with Crippen LogP contribution in [-0.4, -0.2) is 16.1 Å². The van der Waals surface area contributed by atoms with E-state index >= 15 is 0 Å². The molecule has 0 radical (unpaired) electrons. The molecule has 0 unspecified atom stereocenters. The van der Waals surface area contributed by atoms with Crippen LogP contribution >= 0.6 is 11.6 Å². The third-order valence-corrected chi connectivity index (χ3v) is 2.89. The standard InChI is InChI=1S/C14H11ClFNO3/c15-12-3-8(1-2-13(12)16)7-17-14(20)9-4-10(18)6-11(19)5-9/h1-6,18-19H,7H2,(H,17,20). The fraction of sp³-hybridized carbons (Fsp3) is 0.0714. The molecular weight excluding hydrogens is 285 g/mol. The summed E-state index contributed by atoms with van der Waals surface area (Å²) >= 11 is 5.63. The van der Waals surface area contributed by atoms with Gasteiger partial charge in [-0.1, -0.05) is 17.7 Å². The molecule has 0 aliphatic carbocycles. The van der Waals surface area contributed by atoms with Crippen molar-refractivity contribution in [1.82, 2.24) is 5.32 Å². The lowest BCUT2D eigenvalue weighted by molar-refractivity contribution is 0.0950. The Bertz CT molecular complexity index is 641. The first-order valence-electron chi connectivity index (χ1n) is 5.71. The third-order valence-electron chi connectivity index (χ3n) is 2.60. The van der Waals surface area contributed by atoms with Crippen LogP contribution in [0.15, 0.2) is 36.4 Å². The van der Waals surface area contributed by atoms with Crippen LogP contribution in [0.1, 0.15) is 15.9 Å². The summed E-state index contributed by atoms with van der Waals surface area (Å²) in [4.78, 5) is 11.8. The minimum atomic E-state index is -0.528. The minimum absolute atomic E-state index is 0.0215. The van der Waals surface area contributed by atoms with E-state index in [9.17, 15) is 19.4 Å². The van der Waals surface area contributed by atoms with E-state index in [-0.39, 0.29) is 28.6 Å². The number of benzene rings is 2. The Balaban J connectivity index is 2.06. The predicted octanol–water partition coefficient (Wildman–Crippen LogP) is 2.82. The van der Waals surface area contributed by atoms with Crippen molar-refractivity contribution >= 4 is 17.5 Å². The van der Waals surface area contributed by atoms with Crippen molar-refractivity contribution in [3.63, 3.8) is 0 Å². The number of halogens is 2. The van der Waals surface area contributed by atoms with Crippen LogP contribution in [-0.2, 0) is 6.54 Å². The Morgan fingerprint density at radius 1 is 1.15 bits per heavy atom. The van der Waals surface area contributed by atoms with Crippen LogP contribution in [0.3, 0.4) is 0 Å². The third kappa shape index (κ3) is 3.39. The Morgan fingerprint density at radius 3 is 2.40 bits per heavy atom. The fourth-order valence-corrected chi connectivity index (χ4v) is 1.86. The molecule has 2 rings (SSSR count). The molecule has 0 bridgehead atoms. The van der Waals surface area contributed by atoms with Crippen molar-refractivity contribution in [3.8, 4) is 11.5 Å². The van der Waals surface area contributed by atoms with Gasteiger partial charge in [0.25, 0.3) is 5.91 Å². The molecule has 0 saturated heterocycles. The minimum Gasteiger partial charge on any atom is -0.508 e. The molecule has 0 spiro atoms. The van der Waals surface area contributed by atoms with Gasteiger partial charge < -0.3 is 15.5 Å².